The molecule has 0 bridgehead atoms. The van der Waals surface area contributed by atoms with Crippen molar-refractivity contribution in [3.8, 4) is 0 Å². The number of carbonyl (C=O) groups excluding carboxylic acids is 3. The number of fused-ring (bicyclic) bond motifs is 1. The second-order valence-corrected chi connectivity index (χ2v) is 5.31. The first-order valence-corrected chi connectivity index (χ1v) is 6.95. The zero-order valence-corrected chi connectivity index (χ0v) is 11.5. The SMILES string of the molecule is NC(=O)C1C(=O)N(CC2CCCO2)C(=O)c2ccccc21. The average Bonchev–Trinajstić information content (AvgIpc) is 2.96. The van der Waals surface area contributed by atoms with Crippen LogP contribution in [0, 0.1) is 0 Å². The number of nitrogens with two attached hydrogens (primary N) is 1. The summed E-state index contributed by atoms with van der Waals surface area (Å²) in [5.41, 5.74) is 6.11. The van der Waals surface area contributed by atoms with Crippen molar-refractivity contribution in [3.05, 3.63) is 35.4 Å². The fraction of sp³-hybridized carbons (Fsp3) is 0.400. The van der Waals surface area contributed by atoms with E-state index in [9.17, 15) is 14.4 Å². The second kappa shape index (κ2) is 5.29. The lowest BCUT2D eigenvalue weighted by Crippen LogP contribution is -2.50. The Morgan fingerprint density at radius 3 is 2.76 bits per heavy atom. The first-order chi connectivity index (χ1) is 10.1. The molecule has 1 saturated heterocycles. The van der Waals surface area contributed by atoms with Crippen molar-refractivity contribution in [2.24, 2.45) is 5.73 Å². The van der Waals surface area contributed by atoms with Crippen LogP contribution in [0.1, 0.15) is 34.7 Å². The lowest BCUT2D eigenvalue weighted by atomic mass is 9.88. The maximum atomic E-state index is 12.5. The molecule has 2 N–H and O–H groups in total. The molecule has 0 radical (unpaired) electrons. The van der Waals surface area contributed by atoms with Crippen molar-refractivity contribution in [1.82, 2.24) is 4.90 Å². The predicted molar refractivity (Wildman–Crippen MR) is 73.4 cm³/mol. The molecule has 0 aliphatic carbocycles. The molecule has 2 atom stereocenters. The Balaban J connectivity index is 1.97. The highest BCUT2D eigenvalue weighted by atomic mass is 16.5. The molecule has 1 fully saturated rings. The summed E-state index contributed by atoms with van der Waals surface area (Å²) in [6.45, 7) is 0.812. The minimum Gasteiger partial charge on any atom is -0.376 e. The van der Waals surface area contributed by atoms with E-state index < -0.39 is 17.7 Å². The maximum Gasteiger partial charge on any atom is 0.260 e. The minimum absolute atomic E-state index is 0.156. The van der Waals surface area contributed by atoms with Gasteiger partial charge in [-0.25, -0.2) is 0 Å². The third-order valence-electron chi connectivity index (χ3n) is 3.96. The van der Waals surface area contributed by atoms with Crippen molar-refractivity contribution in [3.63, 3.8) is 0 Å². The highest BCUT2D eigenvalue weighted by Crippen LogP contribution is 2.30. The van der Waals surface area contributed by atoms with Crippen molar-refractivity contribution in [2.75, 3.05) is 13.2 Å². The maximum absolute atomic E-state index is 12.5. The van der Waals surface area contributed by atoms with E-state index in [0.717, 1.165) is 17.7 Å². The van der Waals surface area contributed by atoms with Gasteiger partial charge in [0, 0.05) is 12.2 Å². The Morgan fingerprint density at radius 1 is 1.33 bits per heavy atom. The summed E-state index contributed by atoms with van der Waals surface area (Å²) in [5.74, 6) is -2.78. The Kier molecular flexibility index (Phi) is 3.47. The first kappa shape index (κ1) is 13.8. The molecular formula is C15H16N2O4. The molecule has 6 nitrogen and oxygen atoms in total. The highest BCUT2D eigenvalue weighted by molar-refractivity contribution is 6.18. The summed E-state index contributed by atoms with van der Waals surface area (Å²) >= 11 is 0. The quantitative estimate of drug-likeness (QED) is 0.644. The average molecular weight is 288 g/mol. The van der Waals surface area contributed by atoms with Gasteiger partial charge in [-0.1, -0.05) is 18.2 Å². The molecular weight excluding hydrogens is 272 g/mol. The Bertz CT molecular complexity index is 607. The Labute approximate surface area is 121 Å². The Morgan fingerprint density at radius 2 is 2.10 bits per heavy atom. The number of amides is 3. The standard InChI is InChI=1S/C15H16N2O4/c16-13(18)12-10-5-1-2-6-11(10)14(19)17(15(12)20)8-9-4-3-7-21-9/h1-2,5-6,9,12H,3-4,7-8H2,(H2,16,18). The number of benzene rings is 1. The van der Waals surface area contributed by atoms with Gasteiger partial charge in [-0.15, -0.1) is 0 Å². The van der Waals surface area contributed by atoms with Crippen LogP contribution in [-0.4, -0.2) is 41.9 Å². The van der Waals surface area contributed by atoms with E-state index in [4.69, 9.17) is 10.5 Å². The molecule has 6 heteroatoms. The summed E-state index contributed by atoms with van der Waals surface area (Å²) in [6.07, 6.45) is 1.56. The number of ether oxygens (including phenoxy) is 1. The molecule has 2 heterocycles. The number of nitrogens with zero attached hydrogens (tertiary/aromatic N) is 1. The van der Waals surface area contributed by atoms with Crippen LogP contribution in [0.3, 0.4) is 0 Å². The number of hydrogen-bond donors (Lipinski definition) is 1. The topological polar surface area (TPSA) is 89.7 Å². The van der Waals surface area contributed by atoms with Gasteiger partial charge in [-0.2, -0.15) is 0 Å². The number of hydrogen-bond acceptors (Lipinski definition) is 4. The lowest BCUT2D eigenvalue weighted by molar-refractivity contribution is -0.136. The van der Waals surface area contributed by atoms with Crippen LogP contribution >= 0.6 is 0 Å². The summed E-state index contributed by atoms with van der Waals surface area (Å²) in [4.78, 5) is 37.7. The molecule has 1 aromatic carbocycles. The Hall–Kier alpha value is -2.21. The van der Waals surface area contributed by atoms with Crippen LogP contribution in [0.5, 0.6) is 0 Å². The summed E-state index contributed by atoms with van der Waals surface area (Å²) < 4.78 is 5.47. The van der Waals surface area contributed by atoms with Crippen molar-refractivity contribution < 1.29 is 19.1 Å². The van der Waals surface area contributed by atoms with Gasteiger partial charge >= 0.3 is 0 Å². The third kappa shape index (κ3) is 2.31. The smallest absolute Gasteiger partial charge is 0.260 e. The summed E-state index contributed by atoms with van der Waals surface area (Å²) in [6, 6.07) is 6.60. The predicted octanol–water partition coefficient (Wildman–Crippen LogP) is 0.417. The van der Waals surface area contributed by atoms with Crippen LogP contribution in [0.25, 0.3) is 0 Å². The second-order valence-electron chi connectivity index (χ2n) is 5.31. The van der Waals surface area contributed by atoms with Crippen LogP contribution < -0.4 is 5.73 Å². The number of carbonyl (C=O) groups is 3. The number of primary amides is 1. The molecule has 1 aromatic rings. The first-order valence-electron chi connectivity index (χ1n) is 6.95. The van der Waals surface area contributed by atoms with Crippen LogP contribution in [-0.2, 0) is 14.3 Å². The van der Waals surface area contributed by atoms with Gasteiger partial charge in [0.25, 0.3) is 5.91 Å². The van der Waals surface area contributed by atoms with Crippen LogP contribution in [0.4, 0.5) is 0 Å². The third-order valence-corrected chi connectivity index (χ3v) is 3.96. The van der Waals surface area contributed by atoms with Crippen molar-refractivity contribution >= 4 is 17.7 Å². The normalized spacial score (nSPS) is 25.0. The molecule has 2 aliphatic heterocycles. The van der Waals surface area contributed by atoms with Gasteiger partial charge in [0.2, 0.25) is 11.8 Å². The molecule has 2 aliphatic rings. The van der Waals surface area contributed by atoms with E-state index in [1.807, 2.05) is 0 Å². The molecule has 0 aromatic heterocycles. The molecule has 21 heavy (non-hydrogen) atoms. The fourth-order valence-electron chi connectivity index (χ4n) is 2.92. The van der Waals surface area contributed by atoms with Crippen LogP contribution in [0.2, 0.25) is 0 Å². The molecule has 0 spiro atoms. The zero-order valence-electron chi connectivity index (χ0n) is 11.5. The monoisotopic (exact) mass is 288 g/mol. The van der Waals surface area contributed by atoms with Crippen LogP contribution in [0.15, 0.2) is 24.3 Å². The minimum atomic E-state index is -1.10. The van der Waals surface area contributed by atoms with E-state index in [0.29, 0.717) is 17.7 Å². The fourth-order valence-corrected chi connectivity index (χ4v) is 2.92. The molecule has 3 amide bonds. The molecule has 2 unspecified atom stereocenters. The van der Waals surface area contributed by atoms with E-state index in [1.165, 1.54) is 0 Å². The van der Waals surface area contributed by atoms with Gasteiger partial charge in [0.1, 0.15) is 5.92 Å². The zero-order chi connectivity index (χ0) is 15.0. The largest absolute Gasteiger partial charge is 0.376 e. The van der Waals surface area contributed by atoms with Gasteiger partial charge in [-0.3, -0.25) is 19.3 Å². The molecule has 3 rings (SSSR count). The van der Waals surface area contributed by atoms with Gasteiger partial charge in [0.05, 0.1) is 12.6 Å². The van der Waals surface area contributed by atoms with E-state index in [1.54, 1.807) is 24.3 Å². The number of rotatable bonds is 3. The molecule has 110 valence electrons. The van der Waals surface area contributed by atoms with Gasteiger partial charge in [-0.05, 0) is 24.5 Å². The summed E-state index contributed by atoms with van der Waals surface area (Å²) in [7, 11) is 0. The van der Waals surface area contributed by atoms with E-state index >= 15 is 0 Å². The van der Waals surface area contributed by atoms with E-state index in [2.05, 4.69) is 0 Å². The van der Waals surface area contributed by atoms with Crippen molar-refractivity contribution in [1.29, 1.82) is 0 Å². The lowest BCUT2D eigenvalue weighted by Gasteiger charge is -2.32. The van der Waals surface area contributed by atoms with E-state index in [-0.39, 0.29) is 18.6 Å². The van der Waals surface area contributed by atoms with Gasteiger partial charge in [0.15, 0.2) is 0 Å². The summed E-state index contributed by atoms with van der Waals surface area (Å²) in [5, 5.41) is 0. The van der Waals surface area contributed by atoms with Gasteiger partial charge < -0.3 is 10.5 Å². The molecule has 0 saturated carbocycles. The number of imide groups is 1. The van der Waals surface area contributed by atoms with Crippen molar-refractivity contribution in [2.45, 2.75) is 24.9 Å². The highest BCUT2D eigenvalue weighted by Gasteiger charge is 2.42.